The Balaban J connectivity index is 1.66. The lowest BCUT2D eigenvalue weighted by Crippen LogP contribution is -1.92. The van der Waals surface area contributed by atoms with Gasteiger partial charge in [0.15, 0.2) is 0 Å². The number of rotatable bonds is 3. The van der Waals surface area contributed by atoms with Gasteiger partial charge in [0.1, 0.15) is 0 Å². The number of para-hydroxylation sites is 2. The molecule has 0 fully saturated rings. The van der Waals surface area contributed by atoms with Crippen LogP contribution in [-0.2, 0) is 0 Å². The third-order valence-corrected chi connectivity index (χ3v) is 5.58. The first kappa shape index (κ1) is 17.0. The second-order valence-electron chi connectivity index (χ2n) is 6.85. The van der Waals surface area contributed by atoms with Crippen molar-refractivity contribution in [2.45, 2.75) is 0 Å². The minimum absolute atomic E-state index is 1.10. The third kappa shape index (κ3) is 3.06. The molecule has 1 aromatic heterocycles. The molecule has 0 spiro atoms. The Morgan fingerprint density at radius 3 is 2.04 bits per heavy atom. The molecule has 5 aromatic rings. The Bertz CT molecular complexity index is 1300. The van der Waals surface area contributed by atoms with Gasteiger partial charge in [-0.05, 0) is 53.6 Å². The van der Waals surface area contributed by atoms with Crippen LogP contribution < -0.4 is 0 Å². The molecule has 28 heavy (non-hydrogen) atoms. The van der Waals surface area contributed by atoms with Gasteiger partial charge in [0.2, 0.25) is 0 Å². The molecular formula is C26H18BrN. The van der Waals surface area contributed by atoms with Crippen LogP contribution in [0.1, 0.15) is 11.1 Å². The second kappa shape index (κ2) is 7.14. The summed E-state index contributed by atoms with van der Waals surface area (Å²) in [6.45, 7) is 0. The number of fused-ring (bicyclic) bond motifs is 3. The Labute approximate surface area is 172 Å². The van der Waals surface area contributed by atoms with Crippen molar-refractivity contribution in [2.75, 3.05) is 0 Å². The number of halogens is 1. The van der Waals surface area contributed by atoms with Gasteiger partial charge in [-0.25, -0.2) is 0 Å². The highest BCUT2D eigenvalue weighted by Crippen LogP contribution is 2.32. The van der Waals surface area contributed by atoms with E-state index in [1.165, 1.54) is 38.6 Å². The fourth-order valence-corrected chi connectivity index (χ4v) is 3.98. The molecule has 0 aliphatic heterocycles. The first-order chi connectivity index (χ1) is 13.8. The number of nitrogens with zero attached hydrogens (tertiary/aromatic N) is 1. The summed E-state index contributed by atoms with van der Waals surface area (Å²) in [7, 11) is 0. The highest BCUT2D eigenvalue weighted by atomic mass is 79.9. The molecule has 1 nitrogen and oxygen atoms in total. The smallest absolute Gasteiger partial charge is 0.0541 e. The maximum Gasteiger partial charge on any atom is 0.0541 e. The summed E-state index contributed by atoms with van der Waals surface area (Å²) < 4.78 is 3.44. The molecule has 0 amide bonds. The summed E-state index contributed by atoms with van der Waals surface area (Å²) in [4.78, 5) is 0. The van der Waals surface area contributed by atoms with Crippen LogP contribution in [0.2, 0.25) is 0 Å². The lowest BCUT2D eigenvalue weighted by Gasteiger charge is -2.07. The van der Waals surface area contributed by atoms with Gasteiger partial charge in [-0.3, -0.25) is 0 Å². The predicted molar refractivity (Wildman–Crippen MR) is 124 cm³/mol. The van der Waals surface area contributed by atoms with Crippen LogP contribution in [0.4, 0.5) is 0 Å². The van der Waals surface area contributed by atoms with Crippen LogP contribution in [0.3, 0.4) is 0 Å². The second-order valence-corrected chi connectivity index (χ2v) is 7.77. The molecule has 0 bridgehead atoms. The molecule has 0 saturated carbocycles. The van der Waals surface area contributed by atoms with Gasteiger partial charge in [0.25, 0.3) is 0 Å². The minimum atomic E-state index is 1.10. The normalized spacial score (nSPS) is 11.6. The molecule has 0 atom stereocenters. The highest BCUT2D eigenvalue weighted by Gasteiger charge is 2.11. The Kier molecular flexibility index (Phi) is 4.34. The summed E-state index contributed by atoms with van der Waals surface area (Å²) in [5.74, 6) is 0. The summed E-state index contributed by atoms with van der Waals surface area (Å²) in [5, 5.41) is 2.55. The molecule has 4 aromatic carbocycles. The summed E-state index contributed by atoms with van der Waals surface area (Å²) in [6, 6.07) is 34.2. The standard InChI is InChI=1S/C26H18BrN/c27-21-15-12-19(13-16-21)10-11-20-14-17-26-24(18-20)23-8-4-5-9-25(23)28(26)22-6-2-1-3-7-22/h1-18H/b11-10+. The molecule has 2 heteroatoms. The Morgan fingerprint density at radius 2 is 1.21 bits per heavy atom. The maximum atomic E-state index is 3.49. The van der Waals surface area contributed by atoms with Gasteiger partial charge in [-0.2, -0.15) is 0 Å². The van der Waals surface area contributed by atoms with E-state index in [9.17, 15) is 0 Å². The fraction of sp³-hybridized carbons (Fsp3) is 0. The SMILES string of the molecule is Brc1ccc(/C=C/c2ccc3c(c2)c2ccccc2n3-c2ccccc2)cc1. The molecule has 134 valence electrons. The average Bonchev–Trinajstić information content (AvgIpc) is 3.08. The lowest BCUT2D eigenvalue weighted by molar-refractivity contribution is 1.18. The summed E-state index contributed by atoms with van der Waals surface area (Å²) in [5.41, 5.74) is 6.04. The van der Waals surface area contributed by atoms with Crippen LogP contribution in [0, 0.1) is 0 Å². The number of hydrogen-bond acceptors (Lipinski definition) is 0. The third-order valence-electron chi connectivity index (χ3n) is 5.05. The summed E-state index contributed by atoms with van der Waals surface area (Å²) >= 11 is 3.49. The molecular weight excluding hydrogens is 406 g/mol. The molecule has 0 radical (unpaired) electrons. The average molecular weight is 424 g/mol. The van der Waals surface area contributed by atoms with Gasteiger partial charge in [0.05, 0.1) is 11.0 Å². The summed E-state index contributed by atoms with van der Waals surface area (Å²) in [6.07, 6.45) is 4.33. The first-order valence-corrected chi connectivity index (χ1v) is 10.1. The number of benzene rings is 4. The lowest BCUT2D eigenvalue weighted by atomic mass is 10.1. The zero-order chi connectivity index (χ0) is 18.9. The van der Waals surface area contributed by atoms with Crippen molar-refractivity contribution in [1.82, 2.24) is 4.57 Å². The minimum Gasteiger partial charge on any atom is -0.309 e. The molecule has 5 rings (SSSR count). The van der Waals surface area contributed by atoms with Gasteiger partial charge in [-0.1, -0.05) is 82.7 Å². The molecule has 0 aliphatic rings. The Morgan fingerprint density at radius 1 is 0.571 bits per heavy atom. The van der Waals surface area contributed by atoms with E-state index in [-0.39, 0.29) is 0 Å². The van der Waals surface area contributed by atoms with Crippen molar-refractivity contribution in [1.29, 1.82) is 0 Å². The number of hydrogen-bond donors (Lipinski definition) is 0. The van der Waals surface area contributed by atoms with Crippen LogP contribution in [0.25, 0.3) is 39.6 Å². The van der Waals surface area contributed by atoms with Crippen LogP contribution in [0.15, 0.2) is 102 Å². The van der Waals surface area contributed by atoms with E-state index < -0.39 is 0 Å². The largest absolute Gasteiger partial charge is 0.309 e. The van der Waals surface area contributed by atoms with Crippen molar-refractivity contribution in [3.8, 4) is 5.69 Å². The zero-order valence-electron chi connectivity index (χ0n) is 15.2. The number of aromatic nitrogens is 1. The topological polar surface area (TPSA) is 4.93 Å². The fourth-order valence-electron chi connectivity index (χ4n) is 3.72. The van der Waals surface area contributed by atoms with E-state index in [1.54, 1.807) is 0 Å². The zero-order valence-corrected chi connectivity index (χ0v) is 16.8. The quantitative estimate of drug-likeness (QED) is 0.261. The van der Waals surface area contributed by atoms with Crippen molar-refractivity contribution >= 4 is 49.9 Å². The van der Waals surface area contributed by atoms with E-state index in [0.717, 1.165) is 4.47 Å². The van der Waals surface area contributed by atoms with Crippen LogP contribution in [-0.4, -0.2) is 4.57 Å². The molecule has 0 aliphatic carbocycles. The van der Waals surface area contributed by atoms with E-state index in [0.29, 0.717) is 0 Å². The van der Waals surface area contributed by atoms with Crippen molar-refractivity contribution in [2.24, 2.45) is 0 Å². The van der Waals surface area contributed by atoms with E-state index in [1.807, 2.05) is 0 Å². The van der Waals surface area contributed by atoms with Crippen LogP contribution in [0.5, 0.6) is 0 Å². The monoisotopic (exact) mass is 423 g/mol. The van der Waals surface area contributed by atoms with Crippen molar-refractivity contribution in [3.05, 3.63) is 113 Å². The van der Waals surface area contributed by atoms with E-state index >= 15 is 0 Å². The van der Waals surface area contributed by atoms with Crippen molar-refractivity contribution in [3.63, 3.8) is 0 Å². The van der Waals surface area contributed by atoms with E-state index in [2.05, 4.69) is 130 Å². The van der Waals surface area contributed by atoms with Gasteiger partial charge < -0.3 is 4.57 Å². The molecule has 0 unspecified atom stereocenters. The highest BCUT2D eigenvalue weighted by molar-refractivity contribution is 9.10. The molecule has 1 heterocycles. The van der Waals surface area contributed by atoms with Gasteiger partial charge >= 0.3 is 0 Å². The van der Waals surface area contributed by atoms with Crippen LogP contribution >= 0.6 is 15.9 Å². The van der Waals surface area contributed by atoms with Gasteiger partial charge in [-0.15, -0.1) is 0 Å². The first-order valence-electron chi connectivity index (χ1n) is 9.32. The molecule has 0 N–H and O–H groups in total. The predicted octanol–water partition coefficient (Wildman–Crippen LogP) is 7.72. The van der Waals surface area contributed by atoms with Crippen molar-refractivity contribution < 1.29 is 0 Å². The molecule has 0 saturated heterocycles. The Hall–Kier alpha value is -3.10. The van der Waals surface area contributed by atoms with Gasteiger partial charge in [0, 0.05) is 20.9 Å². The van der Waals surface area contributed by atoms with E-state index in [4.69, 9.17) is 0 Å². The maximum absolute atomic E-state index is 3.49.